The van der Waals surface area contributed by atoms with E-state index in [-0.39, 0.29) is 12.0 Å². The summed E-state index contributed by atoms with van der Waals surface area (Å²) in [5, 5.41) is 8.90. The maximum Gasteiger partial charge on any atom is 0.492 e. The summed E-state index contributed by atoms with van der Waals surface area (Å²) in [6, 6.07) is -0.294. The Labute approximate surface area is 125 Å². The van der Waals surface area contributed by atoms with Gasteiger partial charge in [0.1, 0.15) is 0 Å². The Morgan fingerprint density at radius 2 is 2.14 bits per heavy atom. The third-order valence-corrected chi connectivity index (χ3v) is 3.67. The van der Waals surface area contributed by atoms with Crippen LogP contribution in [0.15, 0.2) is 4.42 Å². The Hall–Kier alpha value is -1.64. The Morgan fingerprint density at radius 3 is 2.77 bits per heavy atom. The first-order chi connectivity index (χ1) is 10.3. The molecule has 9 heteroatoms. The molecule has 1 fully saturated rings. The number of rotatable bonds is 5. The average molecular weight is 321 g/mol. The van der Waals surface area contributed by atoms with E-state index in [0.29, 0.717) is 37.5 Å². The third-order valence-electron chi connectivity index (χ3n) is 3.67. The minimum Gasteiger partial charge on any atom is -0.425 e. The van der Waals surface area contributed by atoms with Gasteiger partial charge in [0.25, 0.3) is 0 Å². The minimum atomic E-state index is -4.99. The molecule has 2 rings (SSSR count). The first-order valence-corrected chi connectivity index (χ1v) is 7.15. The highest BCUT2D eigenvalue weighted by atomic mass is 19.4. The van der Waals surface area contributed by atoms with Crippen molar-refractivity contribution in [2.75, 3.05) is 7.05 Å². The summed E-state index contributed by atoms with van der Waals surface area (Å²) in [5.74, 6) is -1.16. The number of halogens is 3. The van der Waals surface area contributed by atoms with Crippen LogP contribution in [0.25, 0.3) is 0 Å². The van der Waals surface area contributed by atoms with Crippen LogP contribution in [0.2, 0.25) is 0 Å². The second kappa shape index (κ2) is 6.64. The molecule has 1 aromatic heterocycles. The summed E-state index contributed by atoms with van der Waals surface area (Å²) in [6.07, 6.45) is -1.59. The number of hydrogen-bond donors (Lipinski definition) is 0. The van der Waals surface area contributed by atoms with Gasteiger partial charge < -0.3 is 9.25 Å². The van der Waals surface area contributed by atoms with Crippen molar-refractivity contribution in [3.8, 4) is 0 Å². The van der Waals surface area contributed by atoms with Crippen molar-refractivity contribution >= 4 is 5.97 Å². The summed E-state index contributed by atoms with van der Waals surface area (Å²) < 4.78 is 42.1. The van der Waals surface area contributed by atoms with Gasteiger partial charge in [-0.15, -0.1) is 15.3 Å². The first kappa shape index (κ1) is 16.7. The number of aryl methyl sites for hydroxylation is 1. The molecule has 124 valence electrons. The molecular weight excluding hydrogens is 303 g/mol. The lowest BCUT2D eigenvalue weighted by Crippen LogP contribution is -2.37. The van der Waals surface area contributed by atoms with E-state index in [0.717, 1.165) is 11.5 Å². The van der Waals surface area contributed by atoms with Crippen molar-refractivity contribution in [2.24, 2.45) is 0 Å². The Bertz CT molecular complexity index is 518. The fourth-order valence-corrected chi connectivity index (χ4v) is 2.52. The van der Waals surface area contributed by atoms with Crippen LogP contribution in [-0.4, -0.2) is 40.5 Å². The maximum absolute atomic E-state index is 12.2. The van der Waals surface area contributed by atoms with Gasteiger partial charge in [-0.3, -0.25) is 0 Å². The van der Waals surface area contributed by atoms with Gasteiger partial charge in [-0.05, 0) is 25.7 Å². The van der Waals surface area contributed by atoms with Gasteiger partial charge in [0.2, 0.25) is 11.8 Å². The molecule has 0 bridgehead atoms. The van der Waals surface area contributed by atoms with Crippen molar-refractivity contribution in [1.82, 2.24) is 15.3 Å². The van der Waals surface area contributed by atoms with Gasteiger partial charge in [-0.2, -0.15) is 13.2 Å². The number of aromatic nitrogens is 2. The minimum absolute atomic E-state index is 0.0184. The van der Waals surface area contributed by atoms with Crippen LogP contribution in [0.3, 0.4) is 0 Å². The zero-order valence-corrected chi connectivity index (χ0v) is 12.4. The number of carbonyl (C=O) groups is 1. The summed E-state index contributed by atoms with van der Waals surface area (Å²) in [4.78, 5) is 15.2. The highest BCUT2D eigenvalue weighted by molar-refractivity contribution is 5.75. The van der Waals surface area contributed by atoms with Crippen molar-refractivity contribution in [3.63, 3.8) is 0 Å². The molecule has 0 unspecified atom stereocenters. The molecule has 6 nitrogen and oxygen atoms in total. The van der Waals surface area contributed by atoms with E-state index in [1.54, 1.807) is 0 Å². The molecule has 1 aromatic rings. The molecule has 0 aromatic carbocycles. The van der Waals surface area contributed by atoms with Gasteiger partial charge in [-0.1, -0.05) is 6.92 Å². The molecule has 1 aliphatic carbocycles. The number of hydrogen-bond acceptors (Lipinski definition) is 6. The van der Waals surface area contributed by atoms with Crippen LogP contribution in [0, 0.1) is 0 Å². The molecule has 0 radical (unpaired) electrons. The van der Waals surface area contributed by atoms with Crippen LogP contribution in [-0.2, 0) is 16.1 Å². The van der Waals surface area contributed by atoms with Gasteiger partial charge in [0.15, 0.2) is 0 Å². The molecule has 0 aliphatic heterocycles. The zero-order chi connectivity index (χ0) is 16.3. The Morgan fingerprint density at radius 1 is 1.41 bits per heavy atom. The van der Waals surface area contributed by atoms with Crippen molar-refractivity contribution in [1.29, 1.82) is 0 Å². The van der Waals surface area contributed by atoms with Crippen LogP contribution in [0.5, 0.6) is 0 Å². The fraction of sp³-hybridized carbons (Fsp3) is 0.769. The first-order valence-electron chi connectivity index (χ1n) is 7.15. The SMILES string of the molecule is CCCc1nnc([C@H]2CC[C@@H](N(C)OC(=O)C(F)(F)F)C2)o1. The highest BCUT2D eigenvalue weighted by Crippen LogP contribution is 2.36. The molecule has 0 amide bonds. The lowest BCUT2D eigenvalue weighted by molar-refractivity contribution is -0.240. The summed E-state index contributed by atoms with van der Waals surface area (Å²) >= 11 is 0. The largest absolute Gasteiger partial charge is 0.492 e. The molecule has 1 heterocycles. The molecular formula is C13H18F3N3O3. The zero-order valence-electron chi connectivity index (χ0n) is 12.4. The standard InChI is InChI=1S/C13H18F3N3O3/c1-3-4-10-17-18-11(21-10)8-5-6-9(7-8)19(2)22-12(20)13(14,15)16/h8-9H,3-7H2,1-2H3/t8-,9+/m0/s1. The van der Waals surface area contributed by atoms with Crippen LogP contribution < -0.4 is 0 Å². The maximum atomic E-state index is 12.2. The van der Waals surface area contributed by atoms with Crippen LogP contribution in [0.1, 0.15) is 50.3 Å². The molecule has 22 heavy (non-hydrogen) atoms. The predicted octanol–water partition coefficient (Wildman–Crippen LogP) is 2.61. The monoisotopic (exact) mass is 321 g/mol. The second-order valence-corrected chi connectivity index (χ2v) is 5.37. The van der Waals surface area contributed by atoms with E-state index in [2.05, 4.69) is 15.0 Å². The number of nitrogens with zero attached hydrogens (tertiary/aromatic N) is 3. The third kappa shape index (κ3) is 3.96. The second-order valence-electron chi connectivity index (χ2n) is 5.37. The van der Waals surface area contributed by atoms with Gasteiger partial charge in [0, 0.05) is 25.4 Å². The van der Waals surface area contributed by atoms with E-state index in [1.807, 2.05) is 6.92 Å². The van der Waals surface area contributed by atoms with E-state index in [1.165, 1.54) is 7.05 Å². The molecule has 0 saturated heterocycles. The fourth-order valence-electron chi connectivity index (χ4n) is 2.52. The highest BCUT2D eigenvalue weighted by Gasteiger charge is 2.43. The summed E-state index contributed by atoms with van der Waals surface area (Å²) in [5.41, 5.74) is 0. The lowest BCUT2D eigenvalue weighted by Gasteiger charge is -2.23. The quantitative estimate of drug-likeness (QED) is 0.777. The van der Waals surface area contributed by atoms with E-state index < -0.39 is 12.1 Å². The normalized spacial score (nSPS) is 22.3. The van der Waals surface area contributed by atoms with Crippen LogP contribution in [0.4, 0.5) is 13.2 Å². The topological polar surface area (TPSA) is 68.5 Å². The van der Waals surface area contributed by atoms with Crippen molar-refractivity contribution in [3.05, 3.63) is 11.8 Å². The molecule has 2 atom stereocenters. The summed E-state index contributed by atoms with van der Waals surface area (Å²) in [7, 11) is 1.33. The molecule has 1 aliphatic rings. The molecule has 0 N–H and O–H groups in total. The predicted molar refractivity (Wildman–Crippen MR) is 68.6 cm³/mol. The smallest absolute Gasteiger partial charge is 0.425 e. The van der Waals surface area contributed by atoms with Crippen molar-refractivity contribution < 1.29 is 27.2 Å². The van der Waals surface area contributed by atoms with Gasteiger partial charge in [0.05, 0.1) is 0 Å². The Balaban J connectivity index is 1.90. The van der Waals surface area contributed by atoms with Crippen molar-refractivity contribution in [2.45, 2.75) is 57.2 Å². The summed E-state index contributed by atoms with van der Waals surface area (Å²) in [6.45, 7) is 2.00. The number of hydroxylamine groups is 2. The van der Waals surface area contributed by atoms with Gasteiger partial charge in [-0.25, -0.2) is 4.79 Å². The number of carbonyl (C=O) groups excluding carboxylic acids is 1. The van der Waals surface area contributed by atoms with Crippen LogP contribution >= 0.6 is 0 Å². The number of alkyl halides is 3. The van der Waals surface area contributed by atoms with E-state index in [4.69, 9.17) is 4.42 Å². The van der Waals surface area contributed by atoms with Gasteiger partial charge >= 0.3 is 12.1 Å². The lowest BCUT2D eigenvalue weighted by atomic mass is 10.1. The molecule has 1 saturated carbocycles. The van der Waals surface area contributed by atoms with E-state index >= 15 is 0 Å². The average Bonchev–Trinajstić information content (AvgIpc) is 3.05. The van der Waals surface area contributed by atoms with E-state index in [9.17, 15) is 18.0 Å². The Kier molecular flexibility index (Phi) is 5.05. The molecule has 0 spiro atoms.